The van der Waals surface area contributed by atoms with Crippen LogP contribution >= 0.6 is 0 Å². The third-order valence-electron chi connectivity index (χ3n) is 4.76. The summed E-state index contributed by atoms with van der Waals surface area (Å²) in [7, 11) is 0. The first-order chi connectivity index (χ1) is 14.1. The molecule has 1 unspecified atom stereocenters. The second-order valence-electron chi connectivity index (χ2n) is 6.80. The summed E-state index contributed by atoms with van der Waals surface area (Å²) in [6.45, 7) is 1.85. The number of pyridine rings is 1. The van der Waals surface area contributed by atoms with Crippen LogP contribution in [0.5, 0.6) is 5.75 Å². The number of hydrogen-bond donors (Lipinski definition) is 1. The normalized spacial score (nSPS) is 12.4. The summed E-state index contributed by atoms with van der Waals surface area (Å²) in [5.74, 6) is 0.663. The van der Waals surface area contributed by atoms with E-state index in [2.05, 4.69) is 11.1 Å². The summed E-state index contributed by atoms with van der Waals surface area (Å²) < 4.78 is 5.88. The number of aromatic nitrogens is 1. The van der Waals surface area contributed by atoms with Crippen molar-refractivity contribution in [1.29, 1.82) is 10.5 Å². The molecule has 1 heterocycles. The Morgan fingerprint density at radius 1 is 1.00 bits per heavy atom. The van der Waals surface area contributed by atoms with Crippen molar-refractivity contribution in [2.75, 3.05) is 0 Å². The van der Waals surface area contributed by atoms with Gasteiger partial charge in [0, 0.05) is 12.4 Å². The Morgan fingerprint density at radius 2 is 1.72 bits per heavy atom. The Balaban J connectivity index is 1.61. The van der Waals surface area contributed by atoms with Crippen molar-refractivity contribution in [3.8, 4) is 29.0 Å². The van der Waals surface area contributed by atoms with Crippen LogP contribution < -0.4 is 4.74 Å². The zero-order valence-electron chi connectivity index (χ0n) is 16.1. The number of benzene rings is 2. The molecule has 3 rings (SSSR count). The maximum absolute atomic E-state index is 10.4. The van der Waals surface area contributed by atoms with E-state index in [1.165, 1.54) is 0 Å². The molecule has 144 valence electrons. The Morgan fingerprint density at radius 3 is 2.38 bits per heavy atom. The minimum atomic E-state index is -0.591. The summed E-state index contributed by atoms with van der Waals surface area (Å²) in [5.41, 5.74) is 3.59. The van der Waals surface area contributed by atoms with Gasteiger partial charge in [0.05, 0.1) is 17.2 Å². The molecule has 2 atom stereocenters. The van der Waals surface area contributed by atoms with Gasteiger partial charge in [0.1, 0.15) is 24.0 Å². The van der Waals surface area contributed by atoms with Crippen molar-refractivity contribution >= 4 is 0 Å². The highest BCUT2D eigenvalue weighted by atomic mass is 16.5. The number of ether oxygens (including phenoxy) is 1. The van der Waals surface area contributed by atoms with Gasteiger partial charge in [-0.25, -0.2) is 0 Å². The molecule has 0 aliphatic rings. The quantitative estimate of drug-likeness (QED) is 0.659. The molecule has 5 nitrogen and oxygen atoms in total. The van der Waals surface area contributed by atoms with Gasteiger partial charge in [0.25, 0.3) is 0 Å². The van der Waals surface area contributed by atoms with Gasteiger partial charge in [0.2, 0.25) is 0 Å². The molecule has 0 saturated carbocycles. The lowest BCUT2D eigenvalue weighted by Gasteiger charge is -2.20. The lowest BCUT2D eigenvalue weighted by molar-refractivity contribution is 0.0420. The summed E-state index contributed by atoms with van der Waals surface area (Å²) in [6.07, 6.45) is 3.92. The molecule has 1 N–H and O–H groups in total. The van der Waals surface area contributed by atoms with Crippen LogP contribution in [0.15, 0.2) is 67.0 Å². The monoisotopic (exact) mass is 383 g/mol. The zero-order chi connectivity index (χ0) is 20.6. The molecule has 0 amide bonds. The predicted octanol–water partition coefficient (Wildman–Crippen LogP) is 4.25. The first-order valence-electron chi connectivity index (χ1n) is 9.39. The molecule has 0 radical (unpaired) electrons. The highest BCUT2D eigenvalue weighted by Crippen LogP contribution is 2.25. The summed E-state index contributed by atoms with van der Waals surface area (Å²) >= 11 is 0. The van der Waals surface area contributed by atoms with E-state index in [-0.39, 0.29) is 6.10 Å². The Hall–Kier alpha value is -3.67. The van der Waals surface area contributed by atoms with Crippen molar-refractivity contribution < 1.29 is 9.84 Å². The molecule has 0 saturated heterocycles. The summed E-state index contributed by atoms with van der Waals surface area (Å²) in [6, 6.07) is 20.6. The van der Waals surface area contributed by atoms with E-state index < -0.39 is 6.10 Å². The number of aryl methyl sites for hydroxylation is 1. The van der Waals surface area contributed by atoms with Crippen LogP contribution in [-0.2, 0) is 6.42 Å². The van der Waals surface area contributed by atoms with E-state index >= 15 is 0 Å². The molecule has 3 aromatic rings. The lowest BCUT2D eigenvalue weighted by Crippen LogP contribution is -2.29. The van der Waals surface area contributed by atoms with Crippen LogP contribution in [0.1, 0.15) is 30.0 Å². The van der Waals surface area contributed by atoms with Crippen LogP contribution in [-0.4, -0.2) is 22.3 Å². The third kappa shape index (κ3) is 5.19. The molecule has 0 aliphatic carbocycles. The van der Waals surface area contributed by atoms with Crippen molar-refractivity contribution in [3.63, 3.8) is 0 Å². The van der Waals surface area contributed by atoms with Gasteiger partial charge in [-0.15, -0.1) is 0 Å². The number of hydrogen-bond acceptors (Lipinski definition) is 5. The minimum absolute atomic E-state index is 0.349. The molecule has 29 heavy (non-hydrogen) atoms. The zero-order valence-corrected chi connectivity index (χ0v) is 16.1. The number of rotatable bonds is 7. The summed E-state index contributed by atoms with van der Waals surface area (Å²) in [5, 5.41) is 28.6. The molecular formula is C24H21N3O2. The summed E-state index contributed by atoms with van der Waals surface area (Å²) in [4.78, 5) is 4.08. The van der Waals surface area contributed by atoms with Gasteiger partial charge in [0.15, 0.2) is 0 Å². The van der Waals surface area contributed by atoms with Crippen molar-refractivity contribution in [2.45, 2.75) is 32.0 Å². The van der Waals surface area contributed by atoms with Crippen LogP contribution in [0.4, 0.5) is 0 Å². The first kappa shape index (κ1) is 20.1. The van der Waals surface area contributed by atoms with Crippen molar-refractivity contribution in [3.05, 3.63) is 83.7 Å². The molecule has 1 aromatic heterocycles. The van der Waals surface area contributed by atoms with E-state index in [0.29, 0.717) is 23.3 Å². The van der Waals surface area contributed by atoms with E-state index in [0.717, 1.165) is 23.1 Å². The Labute approximate surface area is 170 Å². The van der Waals surface area contributed by atoms with E-state index in [4.69, 9.17) is 10.00 Å². The number of nitriles is 2. The van der Waals surface area contributed by atoms with Crippen LogP contribution in [0.3, 0.4) is 0 Å². The molecule has 0 spiro atoms. The van der Waals surface area contributed by atoms with E-state index in [1.807, 2.05) is 55.5 Å². The second-order valence-corrected chi connectivity index (χ2v) is 6.80. The van der Waals surface area contributed by atoms with Crippen molar-refractivity contribution in [2.24, 2.45) is 0 Å². The van der Waals surface area contributed by atoms with Gasteiger partial charge in [-0.05, 0) is 66.8 Å². The minimum Gasteiger partial charge on any atom is -0.488 e. The number of nitrogens with zero attached hydrogens (tertiary/aromatic N) is 3. The predicted molar refractivity (Wildman–Crippen MR) is 110 cm³/mol. The Kier molecular flexibility index (Phi) is 6.58. The average Bonchev–Trinajstić information content (AvgIpc) is 2.78. The highest BCUT2D eigenvalue weighted by Gasteiger charge is 2.16. The fraction of sp³-hybridized carbons (Fsp3) is 0.208. The molecule has 0 bridgehead atoms. The Bertz CT molecular complexity index is 1030. The fourth-order valence-electron chi connectivity index (χ4n) is 3.03. The molecule has 5 heteroatoms. The van der Waals surface area contributed by atoms with E-state index in [1.54, 1.807) is 24.5 Å². The van der Waals surface area contributed by atoms with Crippen LogP contribution in [0.25, 0.3) is 11.1 Å². The van der Waals surface area contributed by atoms with Gasteiger partial charge in [-0.3, -0.25) is 4.98 Å². The topological polar surface area (TPSA) is 89.9 Å². The fourth-order valence-corrected chi connectivity index (χ4v) is 3.03. The lowest BCUT2D eigenvalue weighted by atomic mass is 10.00. The average molecular weight is 383 g/mol. The standard InChI is InChI=1S/C24H21N3O2/c1-17(24(28)11-4-18-3-2-12-27-16-18)29-23-9-7-19(8-10-23)20-5-6-21(14-25)22(13-20)15-26/h2-3,5-10,12-13,16-17,24,28H,4,11H2,1H3/t17?,24-/m1/s1. The maximum atomic E-state index is 10.4. The molecule has 2 aromatic carbocycles. The molecular weight excluding hydrogens is 362 g/mol. The highest BCUT2D eigenvalue weighted by molar-refractivity contribution is 5.67. The van der Waals surface area contributed by atoms with Crippen molar-refractivity contribution in [1.82, 2.24) is 4.98 Å². The van der Waals surface area contributed by atoms with Crippen LogP contribution in [0.2, 0.25) is 0 Å². The largest absolute Gasteiger partial charge is 0.488 e. The molecule has 0 fully saturated rings. The van der Waals surface area contributed by atoms with Gasteiger partial charge in [-0.2, -0.15) is 10.5 Å². The van der Waals surface area contributed by atoms with Gasteiger partial charge >= 0.3 is 0 Å². The molecule has 0 aliphatic heterocycles. The number of aliphatic hydroxyl groups is 1. The SMILES string of the molecule is CC(Oc1ccc(-c2ccc(C#N)c(C#N)c2)cc1)[C@H](O)CCc1cccnc1. The van der Waals surface area contributed by atoms with Gasteiger partial charge in [-0.1, -0.05) is 24.3 Å². The van der Waals surface area contributed by atoms with Gasteiger partial charge < -0.3 is 9.84 Å². The van der Waals surface area contributed by atoms with Crippen LogP contribution in [0, 0.1) is 22.7 Å². The maximum Gasteiger partial charge on any atom is 0.122 e. The second kappa shape index (κ2) is 9.50. The first-order valence-corrected chi connectivity index (χ1v) is 9.39. The number of aliphatic hydroxyl groups excluding tert-OH is 1. The third-order valence-corrected chi connectivity index (χ3v) is 4.76. The van der Waals surface area contributed by atoms with E-state index in [9.17, 15) is 10.4 Å². The smallest absolute Gasteiger partial charge is 0.122 e.